The van der Waals surface area contributed by atoms with Gasteiger partial charge in [-0.15, -0.1) is 0 Å². The number of nitrogens with one attached hydrogen (secondary N) is 1. The average Bonchev–Trinajstić information content (AvgIpc) is 3.31. The highest BCUT2D eigenvalue weighted by atomic mass is 32.2. The van der Waals surface area contributed by atoms with Crippen LogP contribution in [0.4, 0.5) is 11.4 Å². The molecule has 1 aliphatic rings. The molecule has 0 fully saturated rings. The summed E-state index contributed by atoms with van der Waals surface area (Å²) in [5.74, 6) is 2.15. The number of hydrogen-bond acceptors (Lipinski definition) is 8. The summed E-state index contributed by atoms with van der Waals surface area (Å²) in [7, 11) is -0.842. The van der Waals surface area contributed by atoms with Crippen LogP contribution >= 0.6 is 0 Å². The van der Waals surface area contributed by atoms with Gasteiger partial charge in [-0.2, -0.15) is 0 Å². The summed E-state index contributed by atoms with van der Waals surface area (Å²) in [5, 5.41) is 3.83. The third-order valence-corrected chi connectivity index (χ3v) is 7.38. The SMILES string of the molecule is COc1cc2ncc(S(=O)(=O)c3ccc(C)cc3)c(Nc3ccc4c(c3)OCO4)c2cc1OC. The van der Waals surface area contributed by atoms with Crippen LogP contribution in [0.25, 0.3) is 10.9 Å². The molecular weight excluding hydrogens is 456 g/mol. The second-order valence-electron chi connectivity index (χ2n) is 7.73. The molecule has 4 aromatic rings. The van der Waals surface area contributed by atoms with Gasteiger partial charge in [-0.05, 0) is 37.3 Å². The summed E-state index contributed by atoms with van der Waals surface area (Å²) in [5.41, 5.74) is 2.51. The number of methoxy groups -OCH3 is 2. The maximum Gasteiger partial charge on any atom is 0.231 e. The molecule has 1 aliphatic heterocycles. The van der Waals surface area contributed by atoms with Crippen molar-refractivity contribution in [2.45, 2.75) is 16.7 Å². The number of anilines is 2. The van der Waals surface area contributed by atoms with Gasteiger partial charge < -0.3 is 24.3 Å². The lowest BCUT2D eigenvalue weighted by Gasteiger charge is -2.17. The Kier molecular flexibility index (Phi) is 5.41. The topological polar surface area (TPSA) is 96.0 Å². The third-order valence-electron chi connectivity index (χ3n) is 5.60. The molecule has 2 heterocycles. The lowest BCUT2D eigenvalue weighted by Crippen LogP contribution is -2.08. The summed E-state index contributed by atoms with van der Waals surface area (Å²) < 4.78 is 49.1. The number of hydrogen-bond donors (Lipinski definition) is 1. The molecule has 0 atom stereocenters. The van der Waals surface area contributed by atoms with Gasteiger partial charge in [0, 0.05) is 29.4 Å². The van der Waals surface area contributed by atoms with Crippen LogP contribution in [0.15, 0.2) is 70.6 Å². The van der Waals surface area contributed by atoms with E-state index in [0.29, 0.717) is 45.3 Å². The molecule has 0 unspecified atom stereocenters. The molecule has 1 N–H and O–H groups in total. The van der Waals surface area contributed by atoms with Gasteiger partial charge in [0.25, 0.3) is 0 Å². The summed E-state index contributed by atoms with van der Waals surface area (Å²) in [6.07, 6.45) is 1.36. The highest BCUT2D eigenvalue weighted by Crippen LogP contribution is 2.41. The van der Waals surface area contributed by atoms with E-state index in [1.54, 1.807) is 54.6 Å². The van der Waals surface area contributed by atoms with Gasteiger partial charge in [0.2, 0.25) is 16.6 Å². The highest BCUT2D eigenvalue weighted by molar-refractivity contribution is 7.91. The lowest BCUT2D eigenvalue weighted by molar-refractivity contribution is 0.174. The lowest BCUT2D eigenvalue weighted by atomic mass is 10.1. The minimum Gasteiger partial charge on any atom is -0.493 e. The Bertz CT molecular complexity index is 1500. The third kappa shape index (κ3) is 3.73. The standard InChI is InChI=1S/C25H22N2O6S/c1-15-4-7-17(8-5-15)34(28,29)24-13-26-19-12-22(31-3)21(30-2)11-18(19)25(24)27-16-6-9-20-23(10-16)33-14-32-20/h4-13H,14H2,1-3H3,(H,26,27). The fourth-order valence-corrected chi connectivity index (χ4v) is 5.17. The van der Waals surface area contributed by atoms with Gasteiger partial charge in [-0.3, -0.25) is 4.98 Å². The number of sulfone groups is 1. The fraction of sp³-hybridized carbons (Fsp3) is 0.160. The van der Waals surface area contributed by atoms with Crippen molar-refractivity contribution in [2.75, 3.05) is 26.3 Å². The van der Waals surface area contributed by atoms with Crippen LogP contribution in [0.1, 0.15) is 5.56 Å². The van der Waals surface area contributed by atoms with Crippen molar-refractivity contribution >= 4 is 32.1 Å². The number of pyridine rings is 1. The van der Waals surface area contributed by atoms with E-state index in [4.69, 9.17) is 18.9 Å². The van der Waals surface area contributed by atoms with Gasteiger partial charge in [0.15, 0.2) is 23.0 Å². The molecule has 174 valence electrons. The van der Waals surface area contributed by atoms with Gasteiger partial charge in [0.1, 0.15) is 4.90 Å². The van der Waals surface area contributed by atoms with E-state index in [2.05, 4.69) is 10.3 Å². The second-order valence-corrected chi connectivity index (χ2v) is 9.65. The Balaban J connectivity index is 1.73. The smallest absolute Gasteiger partial charge is 0.231 e. The molecule has 34 heavy (non-hydrogen) atoms. The van der Waals surface area contributed by atoms with Crippen LogP contribution in [0.3, 0.4) is 0 Å². The highest BCUT2D eigenvalue weighted by Gasteiger charge is 2.25. The predicted molar refractivity (Wildman–Crippen MR) is 127 cm³/mol. The summed E-state index contributed by atoms with van der Waals surface area (Å²) >= 11 is 0. The minimum absolute atomic E-state index is 0.0359. The Labute approximate surface area is 197 Å². The maximum absolute atomic E-state index is 13.7. The van der Waals surface area contributed by atoms with Gasteiger partial charge in [-0.1, -0.05) is 17.7 Å². The van der Waals surface area contributed by atoms with Gasteiger partial charge >= 0.3 is 0 Å². The summed E-state index contributed by atoms with van der Waals surface area (Å²) in [6.45, 7) is 2.04. The van der Waals surface area contributed by atoms with E-state index in [0.717, 1.165) is 5.56 Å². The van der Waals surface area contributed by atoms with E-state index in [-0.39, 0.29) is 16.6 Å². The first-order valence-electron chi connectivity index (χ1n) is 10.4. The molecular formula is C25H22N2O6S. The number of benzene rings is 3. The molecule has 0 saturated heterocycles. The average molecular weight is 479 g/mol. The van der Waals surface area contributed by atoms with Crippen molar-refractivity contribution in [3.63, 3.8) is 0 Å². The number of fused-ring (bicyclic) bond motifs is 2. The minimum atomic E-state index is -3.90. The quantitative estimate of drug-likeness (QED) is 0.420. The molecule has 8 nitrogen and oxygen atoms in total. The van der Waals surface area contributed by atoms with E-state index in [9.17, 15) is 8.42 Å². The predicted octanol–water partition coefficient (Wildman–Crippen LogP) is 4.87. The Morgan fingerprint density at radius 3 is 2.35 bits per heavy atom. The van der Waals surface area contributed by atoms with Gasteiger partial charge in [0.05, 0.1) is 30.3 Å². The fourth-order valence-electron chi connectivity index (χ4n) is 3.80. The van der Waals surface area contributed by atoms with Crippen molar-refractivity contribution < 1.29 is 27.4 Å². The Morgan fingerprint density at radius 2 is 1.62 bits per heavy atom. The van der Waals surface area contributed by atoms with Crippen molar-refractivity contribution in [3.8, 4) is 23.0 Å². The van der Waals surface area contributed by atoms with Crippen LogP contribution in [0.5, 0.6) is 23.0 Å². The first-order valence-corrected chi connectivity index (χ1v) is 11.9. The zero-order valence-electron chi connectivity index (χ0n) is 18.8. The van der Waals surface area contributed by atoms with Crippen molar-refractivity contribution in [3.05, 3.63) is 66.4 Å². The number of aromatic nitrogens is 1. The number of ether oxygens (including phenoxy) is 4. The normalized spacial score (nSPS) is 12.6. The van der Waals surface area contributed by atoms with E-state index >= 15 is 0 Å². The Morgan fingerprint density at radius 1 is 0.912 bits per heavy atom. The first kappa shape index (κ1) is 21.8. The summed E-state index contributed by atoms with van der Waals surface area (Å²) in [6, 6.07) is 15.5. The summed E-state index contributed by atoms with van der Waals surface area (Å²) in [4.78, 5) is 4.65. The van der Waals surface area contributed by atoms with Crippen LogP contribution in [0.2, 0.25) is 0 Å². The number of aryl methyl sites for hydroxylation is 1. The Hall–Kier alpha value is -3.98. The van der Waals surface area contributed by atoms with Crippen molar-refractivity contribution in [1.29, 1.82) is 0 Å². The maximum atomic E-state index is 13.7. The largest absolute Gasteiger partial charge is 0.493 e. The van der Waals surface area contributed by atoms with Crippen LogP contribution in [-0.4, -0.2) is 34.4 Å². The van der Waals surface area contributed by atoms with Crippen LogP contribution in [0, 0.1) is 6.92 Å². The van der Waals surface area contributed by atoms with Gasteiger partial charge in [-0.25, -0.2) is 8.42 Å². The van der Waals surface area contributed by atoms with E-state index < -0.39 is 9.84 Å². The molecule has 0 amide bonds. The first-order chi connectivity index (χ1) is 16.4. The zero-order valence-corrected chi connectivity index (χ0v) is 19.6. The number of rotatable bonds is 6. The molecule has 0 bridgehead atoms. The monoisotopic (exact) mass is 478 g/mol. The molecule has 0 aliphatic carbocycles. The molecule has 5 rings (SSSR count). The van der Waals surface area contributed by atoms with Crippen molar-refractivity contribution in [2.24, 2.45) is 0 Å². The molecule has 1 aromatic heterocycles. The van der Waals surface area contributed by atoms with E-state index in [1.807, 2.05) is 6.92 Å². The molecule has 0 spiro atoms. The zero-order chi connectivity index (χ0) is 23.9. The van der Waals surface area contributed by atoms with Crippen LogP contribution < -0.4 is 24.3 Å². The molecule has 0 radical (unpaired) electrons. The molecule has 9 heteroatoms. The van der Waals surface area contributed by atoms with E-state index in [1.165, 1.54) is 20.4 Å². The molecule has 3 aromatic carbocycles. The van der Waals surface area contributed by atoms with Crippen molar-refractivity contribution in [1.82, 2.24) is 4.98 Å². The number of nitrogens with zero attached hydrogens (tertiary/aromatic N) is 1. The molecule has 0 saturated carbocycles. The second kappa shape index (κ2) is 8.42. The van der Waals surface area contributed by atoms with Crippen LogP contribution in [-0.2, 0) is 9.84 Å².